The van der Waals surface area contributed by atoms with Crippen molar-refractivity contribution < 1.29 is 22.7 Å². The van der Waals surface area contributed by atoms with E-state index in [1.165, 1.54) is 18.2 Å². The summed E-state index contributed by atoms with van der Waals surface area (Å²) in [4.78, 5) is 25.7. The molecule has 2 aromatic carbocycles. The van der Waals surface area contributed by atoms with Crippen LogP contribution in [0, 0.1) is 12.8 Å². The fraction of sp³-hybridized carbons (Fsp3) is 0.200. The molecule has 0 radical (unpaired) electrons. The van der Waals surface area contributed by atoms with Crippen molar-refractivity contribution in [2.24, 2.45) is 5.92 Å². The molecular formula is C20H19NO5S. The average molecular weight is 385 g/mol. The first-order chi connectivity index (χ1) is 12.7. The number of rotatable bonds is 5. The average Bonchev–Trinajstić information content (AvgIpc) is 2.94. The van der Waals surface area contributed by atoms with Gasteiger partial charge in [0.05, 0.1) is 4.90 Å². The van der Waals surface area contributed by atoms with Crippen LogP contribution in [0.2, 0.25) is 0 Å². The van der Waals surface area contributed by atoms with E-state index in [0.29, 0.717) is 5.56 Å². The molecule has 1 aliphatic heterocycles. The van der Waals surface area contributed by atoms with Crippen molar-refractivity contribution in [2.45, 2.75) is 24.3 Å². The van der Waals surface area contributed by atoms with Crippen molar-refractivity contribution in [3.8, 4) is 0 Å². The highest BCUT2D eigenvalue weighted by Gasteiger charge is 2.61. The number of nitrogens with zero attached hydrogens (tertiary/aromatic N) is 1. The smallest absolute Gasteiger partial charge is 0.426 e. The highest BCUT2D eigenvalue weighted by atomic mass is 32.2. The number of amides is 2. The highest BCUT2D eigenvalue weighted by Crippen LogP contribution is 2.43. The van der Waals surface area contributed by atoms with Crippen molar-refractivity contribution in [3.05, 3.63) is 78.4 Å². The van der Waals surface area contributed by atoms with E-state index in [2.05, 4.69) is 6.58 Å². The lowest BCUT2D eigenvalue weighted by molar-refractivity contribution is -0.138. The predicted octanol–water partition coefficient (Wildman–Crippen LogP) is 3.38. The lowest BCUT2D eigenvalue weighted by Crippen LogP contribution is -2.45. The van der Waals surface area contributed by atoms with Gasteiger partial charge in [-0.25, -0.2) is 13.2 Å². The van der Waals surface area contributed by atoms with Crippen LogP contribution in [-0.2, 0) is 25.2 Å². The van der Waals surface area contributed by atoms with Crippen molar-refractivity contribution in [1.82, 2.24) is 4.31 Å². The Morgan fingerprint density at radius 1 is 1.07 bits per heavy atom. The van der Waals surface area contributed by atoms with Crippen LogP contribution in [0.1, 0.15) is 18.1 Å². The van der Waals surface area contributed by atoms with Crippen molar-refractivity contribution in [1.29, 1.82) is 0 Å². The molecule has 0 aliphatic carbocycles. The molecule has 7 heteroatoms. The molecule has 1 aliphatic rings. The molecular weight excluding hydrogens is 366 g/mol. The Kier molecular flexibility index (Phi) is 4.65. The van der Waals surface area contributed by atoms with E-state index in [-0.39, 0.29) is 9.20 Å². The van der Waals surface area contributed by atoms with E-state index in [1.54, 1.807) is 56.3 Å². The highest BCUT2D eigenvalue weighted by molar-refractivity contribution is 7.90. The topological polar surface area (TPSA) is 80.8 Å². The summed E-state index contributed by atoms with van der Waals surface area (Å²) in [5, 5.41) is 0. The van der Waals surface area contributed by atoms with Gasteiger partial charge < -0.3 is 4.74 Å². The molecule has 0 unspecified atom stereocenters. The van der Waals surface area contributed by atoms with Gasteiger partial charge in [0.15, 0.2) is 0 Å². The third-order valence-electron chi connectivity index (χ3n) is 4.67. The molecule has 6 nitrogen and oxygen atoms in total. The van der Waals surface area contributed by atoms with Crippen LogP contribution in [-0.4, -0.2) is 24.7 Å². The number of carbonyl (C=O) groups excluding carboxylic acids is 2. The number of imide groups is 1. The molecule has 1 heterocycles. The van der Waals surface area contributed by atoms with Gasteiger partial charge in [0, 0.05) is 11.5 Å². The van der Waals surface area contributed by atoms with Gasteiger partial charge in [-0.05, 0) is 19.1 Å². The quantitative estimate of drug-likeness (QED) is 0.737. The monoisotopic (exact) mass is 385 g/mol. The maximum absolute atomic E-state index is 13.3. The van der Waals surface area contributed by atoms with Crippen LogP contribution in [0.4, 0.5) is 4.79 Å². The number of benzene rings is 2. The minimum atomic E-state index is -4.40. The Morgan fingerprint density at radius 2 is 1.67 bits per heavy atom. The second-order valence-electron chi connectivity index (χ2n) is 6.38. The molecule has 2 atom stereocenters. The molecule has 0 bridgehead atoms. The summed E-state index contributed by atoms with van der Waals surface area (Å²) in [6, 6.07) is 14.2. The van der Waals surface area contributed by atoms with E-state index >= 15 is 0 Å². The van der Waals surface area contributed by atoms with Crippen LogP contribution in [0.25, 0.3) is 0 Å². The van der Waals surface area contributed by atoms with Crippen LogP contribution in [0.3, 0.4) is 0 Å². The maximum atomic E-state index is 13.3. The largest absolute Gasteiger partial charge is 0.432 e. The molecule has 3 rings (SSSR count). The van der Waals surface area contributed by atoms with Crippen molar-refractivity contribution in [2.75, 3.05) is 0 Å². The second kappa shape index (κ2) is 6.66. The summed E-state index contributed by atoms with van der Waals surface area (Å²) in [6.45, 7) is 7.13. The van der Waals surface area contributed by atoms with Crippen LogP contribution in [0.5, 0.6) is 0 Å². The van der Waals surface area contributed by atoms with Crippen LogP contribution in [0.15, 0.2) is 72.1 Å². The number of hydrogen-bond donors (Lipinski definition) is 0. The molecule has 0 aromatic heterocycles. The zero-order valence-electron chi connectivity index (χ0n) is 15.0. The first-order valence-corrected chi connectivity index (χ1v) is 9.76. The van der Waals surface area contributed by atoms with Gasteiger partial charge in [-0.15, -0.1) is 10.9 Å². The fourth-order valence-corrected chi connectivity index (χ4v) is 4.34. The summed E-state index contributed by atoms with van der Waals surface area (Å²) in [7, 11) is -4.40. The number of hydrogen-bond acceptors (Lipinski definition) is 5. The van der Waals surface area contributed by atoms with Crippen molar-refractivity contribution >= 4 is 22.0 Å². The van der Waals surface area contributed by atoms with Crippen LogP contribution < -0.4 is 0 Å². The van der Waals surface area contributed by atoms with E-state index in [4.69, 9.17) is 4.74 Å². The van der Waals surface area contributed by atoms with Gasteiger partial charge in [0.1, 0.15) is 0 Å². The van der Waals surface area contributed by atoms with E-state index in [0.717, 1.165) is 5.56 Å². The molecule has 27 heavy (non-hydrogen) atoms. The van der Waals surface area contributed by atoms with Crippen LogP contribution >= 0.6 is 0 Å². The first-order valence-electron chi connectivity index (χ1n) is 8.32. The number of sulfonamides is 1. The Morgan fingerprint density at radius 3 is 2.22 bits per heavy atom. The minimum Gasteiger partial charge on any atom is -0.426 e. The summed E-state index contributed by atoms with van der Waals surface area (Å²) < 4.78 is 31.6. The zero-order chi connectivity index (χ0) is 19.8. The standard InChI is InChI=1S/C20H19NO5S/c1-4-15(3)20(16-8-6-5-7-9-16)18(22)21(19(23)26-20)27(24,25)17-12-10-14(2)11-13-17/h4-13,15H,1H2,2-3H3/t15-,20+/m0/s1. The predicted molar refractivity (Wildman–Crippen MR) is 99.2 cm³/mol. The summed E-state index contributed by atoms with van der Waals surface area (Å²) in [5.41, 5.74) is -0.543. The maximum Gasteiger partial charge on any atom is 0.432 e. The first kappa shape index (κ1) is 18.8. The van der Waals surface area contributed by atoms with Gasteiger partial charge in [-0.3, -0.25) is 4.79 Å². The van der Waals surface area contributed by atoms with Gasteiger partial charge in [-0.1, -0.05) is 61.0 Å². The molecule has 1 fully saturated rings. The lowest BCUT2D eigenvalue weighted by atomic mass is 9.82. The molecule has 0 spiro atoms. The minimum absolute atomic E-state index is 0.159. The normalized spacial score (nSPS) is 21.0. The van der Waals surface area contributed by atoms with Crippen molar-refractivity contribution in [3.63, 3.8) is 0 Å². The van der Waals surface area contributed by atoms with Gasteiger partial charge in [-0.2, -0.15) is 0 Å². The molecule has 1 saturated heterocycles. The summed E-state index contributed by atoms with van der Waals surface area (Å²) in [6.07, 6.45) is 0.235. The van der Waals surface area contributed by atoms with Gasteiger partial charge >= 0.3 is 6.09 Å². The molecule has 0 saturated carbocycles. The number of aryl methyl sites for hydroxylation is 1. The number of cyclic esters (lactones) is 1. The van der Waals surface area contributed by atoms with E-state index < -0.39 is 33.5 Å². The lowest BCUT2D eigenvalue weighted by Gasteiger charge is -2.29. The molecule has 2 aromatic rings. The molecule has 140 valence electrons. The third-order valence-corrected chi connectivity index (χ3v) is 6.34. The Balaban J connectivity index is 2.15. The zero-order valence-corrected chi connectivity index (χ0v) is 15.8. The molecule has 2 amide bonds. The van der Waals surface area contributed by atoms with E-state index in [1.807, 2.05) is 0 Å². The van der Waals surface area contributed by atoms with Gasteiger partial charge in [0.25, 0.3) is 15.9 Å². The van der Waals surface area contributed by atoms with E-state index in [9.17, 15) is 18.0 Å². The summed E-state index contributed by atoms with van der Waals surface area (Å²) >= 11 is 0. The Labute approximate surface area is 158 Å². The third kappa shape index (κ3) is 2.84. The Hall–Kier alpha value is -2.93. The summed E-state index contributed by atoms with van der Waals surface area (Å²) in [5.74, 6) is -1.60. The number of ether oxygens (including phenoxy) is 1. The fourth-order valence-electron chi connectivity index (χ4n) is 3.06. The second-order valence-corrected chi connectivity index (χ2v) is 8.17. The van der Waals surface area contributed by atoms with Gasteiger partial charge in [0.2, 0.25) is 5.60 Å². The molecule has 0 N–H and O–H groups in total. The SMILES string of the molecule is C=C[C@H](C)[C@]1(c2ccccc2)OC(=O)N(S(=O)(=O)c2ccc(C)cc2)C1=O. The Bertz CT molecular complexity index is 998. The number of carbonyl (C=O) groups is 2.